The highest BCUT2D eigenvalue weighted by molar-refractivity contribution is 5.25. The van der Waals surface area contributed by atoms with Crippen LogP contribution >= 0.6 is 0 Å². The van der Waals surface area contributed by atoms with Crippen LogP contribution < -0.4 is 0 Å². The minimum atomic E-state index is 0.250. The van der Waals surface area contributed by atoms with E-state index in [1.54, 1.807) is 0 Å². The fraction of sp³-hybridized carbons (Fsp3) is 0.786. The first-order valence-corrected chi connectivity index (χ1v) is 11.4. The molecular formula is C28H48. The highest BCUT2D eigenvalue weighted by Gasteiger charge is 2.63. The van der Waals surface area contributed by atoms with E-state index in [1.807, 2.05) is 0 Å². The van der Waals surface area contributed by atoms with Gasteiger partial charge < -0.3 is 0 Å². The van der Waals surface area contributed by atoms with Crippen molar-refractivity contribution in [2.24, 2.45) is 32.5 Å². The molecule has 0 N–H and O–H groups in total. The highest BCUT2D eigenvalue weighted by atomic mass is 14.7. The molecule has 0 heteroatoms. The van der Waals surface area contributed by atoms with Gasteiger partial charge in [-0.15, -0.1) is 0 Å². The normalized spacial score (nSPS) is 21.6. The number of hydrogen-bond acceptors (Lipinski definition) is 0. The van der Waals surface area contributed by atoms with Crippen LogP contribution in [0.1, 0.15) is 114 Å². The largest absolute Gasteiger partial charge is 0.0622 e. The van der Waals surface area contributed by atoms with E-state index in [-0.39, 0.29) is 32.5 Å². The summed E-state index contributed by atoms with van der Waals surface area (Å²) in [6.07, 6.45) is 3.89. The lowest BCUT2D eigenvalue weighted by atomic mass is 9.36. The first kappa shape index (κ1) is 23.5. The zero-order valence-corrected chi connectivity index (χ0v) is 21.1. The van der Waals surface area contributed by atoms with Crippen molar-refractivity contribution in [3.8, 4) is 0 Å². The second kappa shape index (κ2) is 6.88. The first-order chi connectivity index (χ1) is 12.4. The van der Waals surface area contributed by atoms with Crippen LogP contribution in [0.25, 0.3) is 0 Å². The Labute approximate surface area is 176 Å². The third-order valence-corrected chi connectivity index (χ3v) is 8.81. The van der Waals surface area contributed by atoms with Gasteiger partial charge in [-0.05, 0) is 63.2 Å². The second-order valence-corrected chi connectivity index (χ2v) is 13.9. The Morgan fingerprint density at radius 1 is 0.571 bits per heavy atom. The second-order valence-electron chi connectivity index (χ2n) is 13.9. The summed E-state index contributed by atoms with van der Waals surface area (Å²) >= 11 is 0. The van der Waals surface area contributed by atoms with Gasteiger partial charge in [0.15, 0.2) is 0 Å². The van der Waals surface area contributed by atoms with Gasteiger partial charge in [0.05, 0.1) is 0 Å². The first-order valence-electron chi connectivity index (χ1n) is 11.4. The molecule has 0 bridgehead atoms. The quantitative estimate of drug-likeness (QED) is 0.453. The van der Waals surface area contributed by atoms with E-state index < -0.39 is 0 Å². The topological polar surface area (TPSA) is 0 Å². The molecule has 0 unspecified atom stereocenters. The molecule has 28 heavy (non-hydrogen) atoms. The van der Waals surface area contributed by atoms with Gasteiger partial charge in [0.1, 0.15) is 0 Å². The third-order valence-electron chi connectivity index (χ3n) is 8.81. The van der Waals surface area contributed by atoms with Crippen LogP contribution in [0.15, 0.2) is 30.3 Å². The van der Waals surface area contributed by atoms with Crippen LogP contribution in [0.2, 0.25) is 0 Å². The van der Waals surface area contributed by atoms with Crippen molar-refractivity contribution in [3.05, 3.63) is 35.9 Å². The Balaban J connectivity index is 2.82. The predicted octanol–water partition coefficient (Wildman–Crippen LogP) is 9.11. The van der Waals surface area contributed by atoms with Crippen LogP contribution in [0.4, 0.5) is 0 Å². The molecule has 0 amide bonds. The average Bonchev–Trinajstić information content (AvgIpc) is 2.51. The molecular weight excluding hydrogens is 336 g/mol. The fourth-order valence-electron chi connectivity index (χ4n) is 7.07. The van der Waals surface area contributed by atoms with Crippen molar-refractivity contribution in [2.75, 3.05) is 0 Å². The summed E-state index contributed by atoms with van der Waals surface area (Å²) < 4.78 is 0. The van der Waals surface area contributed by atoms with Crippen molar-refractivity contribution < 1.29 is 0 Å². The summed E-state index contributed by atoms with van der Waals surface area (Å²) in [5.74, 6) is 0.617. The summed E-state index contributed by atoms with van der Waals surface area (Å²) in [5, 5.41) is 0. The van der Waals surface area contributed by atoms with E-state index in [0.717, 1.165) is 0 Å². The van der Waals surface area contributed by atoms with Crippen LogP contribution in [0.3, 0.4) is 0 Å². The molecule has 160 valence electrons. The molecule has 1 aliphatic rings. The molecule has 0 heterocycles. The molecule has 1 aliphatic carbocycles. The van der Waals surface area contributed by atoms with Crippen LogP contribution in [0, 0.1) is 32.5 Å². The number of hydrogen-bond donors (Lipinski definition) is 0. The van der Waals surface area contributed by atoms with Gasteiger partial charge >= 0.3 is 0 Å². The molecule has 1 aromatic rings. The Kier molecular flexibility index (Phi) is 5.78. The monoisotopic (exact) mass is 384 g/mol. The van der Waals surface area contributed by atoms with E-state index in [2.05, 4.69) is 113 Å². The van der Waals surface area contributed by atoms with E-state index in [9.17, 15) is 0 Å². The Morgan fingerprint density at radius 3 is 1.18 bits per heavy atom. The SMILES string of the molecule is CC(C)(C)C1(C(C)(C)C)CC(c2ccccc2)CC(C(C)(C)C)(C(C)(C)C)C1. The van der Waals surface area contributed by atoms with Gasteiger partial charge in [0.25, 0.3) is 0 Å². The Bertz CT molecular complexity index is 581. The van der Waals surface area contributed by atoms with Crippen LogP contribution in [-0.4, -0.2) is 0 Å². The fourth-order valence-corrected chi connectivity index (χ4v) is 7.07. The van der Waals surface area contributed by atoms with E-state index in [1.165, 1.54) is 24.8 Å². The third kappa shape index (κ3) is 3.70. The maximum absolute atomic E-state index is 2.50. The molecule has 1 fully saturated rings. The zero-order valence-electron chi connectivity index (χ0n) is 21.1. The lowest BCUT2D eigenvalue weighted by Crippen LogP contribution is -2.60. The maximum atomic E-state index is 2.50. The average molecular weight is 385 g/mol. The van der Waals surface area contributed by atoms with Gasteiger partial charge in [0, 0.05) is 0 Å². The molecule has 2 rings (SSSR count). The van der Waals surface area contributed by atoms with Gasteiger partial charge in [0.2, 0.25) is 0 Å². The molecule has 0 radical (unpaired) electrons. The minimum absolute atomic E-state index is 0.250. The summed E-state index contributed by atoms with van der Waals surface area (Å²) in [7, 11) is 0. The summed E-state index contributed by atoms with van der Waals surface area (Å²) in [6, 6.07) is 11.4. The molecule has 1 saturated carbocycles. The lowest BCUT2D eigenvalue weighted by molar-refractivity contribution is -0.180. The molecule has 0 nitrogen and oxygen atoms in total. The van der Waals surface area contributed by atoms with E-state index in [0.29, 0.717) is 5.92 Å². The van der Waals surface area contributed by atoms with E-state index in [4.69, 9.17) is 0 Å². The lowest BCUT2D eigenvalue weighted by Gasteiger charge is -2.68. The van der Waals surface area contributed by atoms with Crippen molar-refractivity contribution in [1.29, 1.82) is 0 Å². The zero-order chi connectivity index (χ0) is 21.8. The predicted molar refractivity (Wildman–Crippen MR) is 126 cm³/mol. The number of benzene rings is 1. The standard InChI is InChI=1S/C28H48/c1-23(2,3)27(24(4,5)6)18-22(21-16-14-13-15-17-21)19-28(20-27,25(7,8)9)26(10,11)12/h13-17,22H,18-20H2,1-12H3. The van der Waals surface area contributed by atoms with E-state index >= 15 is 0 Å². The smallest absolute Gasteiger partial charge is 0.0151 e. The Hall–Kier alpha value is -0.780. The summed E-state index contributed by atoms with van der Waals surface area (Å²) in [5.41, 5.74) is 3.10. The molecule has 0 saturated heterocycles. The van der Waals surface area contributed by atoms with Gasteiger partial charge in [-0.25, -0.2) is 0 Å². The summed E-state index contributed by atoms with van der Waals surface area (Å²) in [6.45, 7) is 30.0. The molecule has 0 spiro atoms. The Morgan fingerprint density at radius 2 is 0.893 bits per heavy atom. The van der Waals surface area contributed by atoms with Gasteiger partial charge in [-0.1, -0.05) is 113 Å². The van der Waals surface area contributed by atoms with Crippen molar-refractivity contribution >= 4 is 0 Å². The van der Waals surface area contributed by atoms with Gasteiger partial charge in [-0.3, -0.25) is 0 Å². The maximum Gasteiger partial charge on any atom is -0.0151 e. The molecule has 0 atom stereocenters. The number of rotatable bonds is 1. The molecule has 1 aromatic carbocycles. The minimum Gasteiger partial charge on any atom is -0.0622 e. The van der Waals surface area contributed by atoms with Crippen LogP contribution in [0.5, 0.6) is 0 Å². The van der Waals surface area contributed by atoms with Crippen molar-refractivity contribution in [2.45, 2.75) is 108 Å². The van der Waals surface area contributed by atoms with Crippen LogP contribution in [-0.2, 0) is 0 Å². The van der Waals surface area contributed by atoms with Crippen molar-refractivity contribution in [3.63, 3.8) is 0 Å². The van der Waals surface area contributed by atoms with Crippen molar-refractivity contribution in [1.82, 2.24) is 0 Å². The highest BCUT2D eigenvalue weighted by Crippen LogP contribution is 2.72. The molecule has 0 aliphatic heterocycles. The summed E-state index contributed by atoms with van der Waals surface area (Å²) in [4.78, 5) is 0. The molecule has 0 aromatic heterocycles. The van der Waals surface area contributed by atoms with Gasteiger partial charge in [-0.2, -0.15) is 0 Å².